The molecule has 0 atom stereocenters. The van der Waals surface area contributed by atoms with E-state index in [-0.39, 0.29) is 5.97 Å². The number of imidazole rings is 1. The van der Waals surface area contributed by atoms with E-state index in [0.717, 1.165) is 30.8 Å². The summed E-state index contributed by atoms with van der Waals surface area (Å²) in [6.45, 7) is 1.53. The molecule has 2 aromatic rings. The van der Waals surface area contributed by atoms with Crippen molar-refractivity contribution in [2.45, 2.75) is 19.4 Å². The Kier molecular flexibility index (Phi) is 5.32. The van der Waals surface area contributed by atoms with Crippen molar-refractivity contribution in [3.05, 3.63) is 53.6 Å². The molecule has 20 heavy (non-hydrogen) atoms. The molecule has 2 rings (SSSR count). The fraction of sp³-hybridized carbons (Fsp3) is 0.333. The van der Waals surface area contributed by atoms with Crippen molar-refractivity contribution < 1.29 is 9.53 Å². The smallest absolute Gasteiger partial charge is 0.338 e. The fourth-order valence-electron chi connectivity index (χ4n) is 2.02. The molecule has 0 saturated carbocycles. The number of ether oxygens (including phenoxy) is 1. The number of aryl methyl sites for hydroxylation is 1. The summed E-state index contributed by atoms with van der Waals surface area (Å²) >= 11 is 0. The molecule has 0 radical (unpaired) electrons. The molecule has 1 aromatic carbocycles. The second-order valence-electron chi connectivity index (χ2n) is 4.46. The number of carbonyl (C=O) groups is 1. The van der Waals surface area contributed by atoms with Crippen LogP contribution in [0.3, 0.4) is 0 Å². The molecule has 0 spiro atoms. The summed E-state index contributed by atoms with van der Waals surface area (Å²) in [7, 11) is 1.40. The minimum atomic E-state index is -0.294. The van der Waals surface area contributed by atoms with Crippen LogP contribution >= 0.6 is 0 Å². The number of benzene rings is 1. The Morgan fingerprint density at radius 3 is 3.00 bits per heavy atom. The third-order valence-electron chi connectivity index (χ3n) is 3.06. The summed E-state index contributed by atoms with van der Waals surface area (Å²) in [6, 6.07) is 7.48. The number of carbonyl (C=O) groups excluding carboxylic acids is 1. The van der Waals surface area contributed by atoms with E-state index in [1.165, 1.54) is 7.11 Å². The number of aromatic amines is 1. The minimum Gasteiger partial charge on any atom is -0.465 e. The van der Waals surface area contributed by atoms with Crippen molar-refractivity contribution in [1.82, 2.24) is 15.3 Å². The van der Waals surface area contributed by atoms with Crippen molar-refractivity contribution in [1.29, 1.82) is 0 Å². The van der Waals surface area contributed by atoms with Crippen LogP contribution in [0.4, 0.5) is 0 Å². The number of H-pyrrole nitrogens is 1. The normalized spacial score (nSPS) is 10.4. The van der Waals surface area contributed by atoms with Crippen LogP contribution in [-0.4, -0.2) is 29.6 Å². The number of rotatable bonds is 7. The molecule has 0 saturated heterocycles. The summed E-state index contributed by atoms with van der Waals surface area (Å²) in [5.74, 6) is 0.708. The van der Waals surface area contributed by atoms with Gasteiger partial charge in [-0.2, -0.15) is 0 Å². The van der Waals surface area contributed by atoms with E-state index in [9.17, 15) is 4.79 Å². The van der Waals surface area contributed by atoms with Crippen LogP contribution in [0.15, 0.2) is 36.7 Å². The topological polar surface area (TPSA) is 67.0 Å². The van der Waals surface area contributed by atoms with Crippen LogP contribution in [-0.2, 0) is 17.7 Å². The molecule has 5 nitrogen and oxygen atoms in total. The zero-order chi connectivity index (χ0) is 14.2. The Morgan fingerprint density at radius 1 is 1.40 bits per heavy atom. The molecular weight excluding hydrogens is 254 g/mol. The first kappa shape index (κ1) is 14.3. The molecule has 0 unspecified atom stereocenters. The number of methoxy groups -OCH3 is 1. The monoisotopic (exact) mass is 273 g/mol. The first-order valence-electron chi connectivity index (χ1n) is 6.66. The van der Waals surface area contributed by atoms with Crippen molar-refractivity contribution in [2.75, 3.05) is 13.7 Å². The number of nitrogens with zero attached hydrogens (tertiary/aromatic N) is 1. The number of hydrogen-bond acceptors (Lipinski definition) is 4. The van der Waals surface area contributed by atoms with Crippen molar-refractivity contribution >= 4 is 5.97 Å². The van der Waals surface area contributed by atoms with E-state index in [0.29, 0.717) is 12.1 Å². The summed E-state index contributed by atoms with van der Waals surface area (Å²) in [4.78, 5) is 18.9. The molecule has 0 amide bonds. The molecule has 0 aliphatic heterocycles. The summed E-state index contributed by atoms with van der Waals surface area (Å²) in [5, 5.41) is 3.33. The van der Waals surface area contributed by atoms with Crippen LogP contribution in [0.25, 0.3) is 0 Å². The first-order valence-corrected chi connectivity index (χ1v) is 6.66. The first-order chi connectivity index (χ1) is 9.81. The van der Waals surface area contributed by atoms with Gasteiger partial charge in [0.25, 0.3) is 0 Å². The Bertz CT molecular complexity index is 538. The predicted molar refractivity (Wildman–Crippen MR) is 76.4 cm³/mol. The zero-order valence-electron chi connectivity index (χ0n) is 11.6. The van der Waals surface area contributed by atoms with E-state index in [1.807, 2.05) is 24.4 Å². The molecular formula is C15H19N3O2. The van der Waals surface area contributed by atoms with Crippen LogP contribution in [0.1, 0.15) is 28.2 Å². The van der Waals surface area contributed by atoms with Crippen molar-refractivity contribution in [2.24, 2.45) is 0 Å². The molecule has 5 heteroatoms. The zero-order valence-corrected chi connectivity index (χ0v) is 11.6. The van der Waals surface area contributed by atoms with Gasteiger partial charge < -0.3 is 15.0 Å². The second-order valence-corrected chi connectivity index (χ2v) is 4.46. The standard InChI is InChI=1S/C15H19N3O2/c1-20-15(19)13-6-3-2-5-12(13)11-16-8-4-7-14-17-9-10-18-14/h2-3,5-6,9-10,16H,4,7-8,11H2,1H3,(H,17,18). The highest BCUT2D eigenvalue weighted by atomic mass is 16.5. The van der Waals surface area contributed by atoms with E-state index in [2.05, 4.69) is 15.3 Å². The van der Waals surface area contributed by atoms with Gasteiger partial charge in [0.05, 0.1) is 12.7 Å². The van der Waals surface area contributed by atoms with Gasteiger partial charge >= 0.3 is 5.97 Å². The number of aromatic nitrogens is 2. The van der Waals surface area contributed by atoms with Gasteiger partial charge in [0.1, 0.15) is 5.82 Å². The van der Waals surface area contributed by atoms with Crippen LogP contribution < -0.4 is 5.32 Å². The van der Waals surface area contributed by atoms with Gasteiger partial charge in [0, 0.05) is 25.4 Å². The molecule has 0 bridgehead atoms. The highest BCUT2D eigenvalue weighted by Crippen LogP contribution is 2.09. The van der Waals surface area contributed by atoms with E-state index in [4.69, 9.17) is 4.74 Å². The maximum Gasteiger partial charge on any atom is 0.338 e. The van der Waals surface area contributed by atoms with Crippen LogP contribution in [0.2, 0.25) is 0 Å². The van der Waals surface area contributed by atoms with Gasteiger partial charge in [-0.15, -0.1) is 0 Å². The third kappa shape index (κ3) is 3.93. The van der Waals surface area contributed by atoms with E-state index in [1.54, 1.807) is 12.3 Å². The number of esters is 1. The van der Waals surface area contributed by atoms with Gasteiger partial charge in [0.2, 0.25) is 0 Å². The van der Waals surface area contributed by atoms with E-state index < -0.39 is 0 Å². The molecule has 0 aliphatic carbocycles. The third-order valence-corrected chi connectivity index (χ3v) is 3.06. The Morgan fingerprint density at radius 2 is 2.25 bits per heavy atom. The average molecular weight is 273 g/mol. The molecule has 106 valence electrons. The lowest BCUT2D eigenvalue weighted by atomic mass is 10.1. The minimum absolute atomic E-state index is 0.294. The van der Waals surface area contributed by atoms with Gasteiger partial charge in [-0.25, -0.2) is 9.78 Å². The van der Waals surface area contributed by atoms with Crippen LogP contribution in [0, 0.1) is 0 Å². The van der Waals surface area contributed by atoms with Crippen molar-refractivity contribution in [3.8, 4) is 0 Å². The van der Waals surface area contributed by atoms with Gasteiger partial charge in [-0.1, -0.05) is 18.2 Å². The molecule has 1 aromatic heterocycles. The number of nitrogens with one attached hydrogen (secondary N) is 2. The van der Waals surface area contributed by atoms with Gasteiger partial charge in [0.15, 0.2) is 0 Å². The maximum absolute atomic E-state index is 11.6. The quantitative estimate of drug-likeness (QED) is 0.597. The average Bonchev–Trinajstić information content (AvgIpc) is 3.00. The summed E-state index contributed by atoms with van der Waals surface area (Å²) in [5.41, 5.74) is 1.57. The SMILES string of the molecule is COC(=O)c1ccccc1CNCCCc1ncc[nH]1. The second kappa shape index (κ2) is 7.45. The Labute approximate surface area is 118 Å². The Balaban J connectivity index is 1.78. The van der Waals surface area contributed by atoms with Gasteiger partial charge in [-0.3, -0.25) is 0 Å². The lowest BCUT2D eigenvalue weighted by Gasteiger charge is -2.08. The molecule has 0 aliphatic rings. The summed E-state index contributed by atoms with van der Waals surface area (Å²) < 4.78 is 4.77. The largest absolute Gasteiger partial charge is 0.465 e. The fourth-order valence-corrected chi connectivity index (χ4v) is 2.02. The summed E-state index contributed by atoms with van der Waals surface area (Å²) in [6.07, 6.45) is 5.50. The highest BCUT2D eigenvalue weighted by Gasteiger charge is 2.09. The lowest BCUT2D eigenvalue weighted by molar-refractivity contribution is 0.0599. The molecule has 1 heterocycles. The predicted octanol–water partition coefficient (Wildman–Crippen LogP) is 1.92. The maximum atomic E-state index is 11.6. The van der Waals surface area contributed by atoms with Gasteiger partial charge in [-0.05, 0) is 24.6 Å². The van der Waals surface area contributed by atoms with Crippen LogP contribution in [0.5, 0.6) is 0 Å². The Hall–Kier alpha value is -2.14. The van der Waals surface area contributed by atoms with Crippen molar-refractivity contribution in [3.63, 3.8) is 0 Å². The molecule has 2 N–H and O–H groups in total. The molecule has 0 fully saturated rings. The highest BCUT2D eigenvalue weighted by molar-refractivity contribution is 5.90. The lowest BCUT2D eigenvalue weighted by Crippen LogP contribution is -2.18. The number of hydrogen-bond donors (Lipinski definition) is 2. The van der Waals surface area contributed by atoms with E-state index >= 15 is 0 Å².